The summed E-state index contributed by atoms with van der Waals surface area (Å²) < 4.78 is 2.18. The summed E-state index contributed by atoms with van der Waals surface area (Å²) in [7, 11) is 0. The highest BCUT2D eigenvalue weighted by atomic mass is 16.2. The summed E-state index contributed by atoms with van der Waals surface area (Å²) in [5.41, 5.74) is 6.82. The molecule has 0 atom stereocenters. The Balaban J connectivity index is 1.72. The quantitative estimate of drug-likeness (QED) is 0.678. The Kier molecular flexibility index (Phi) is 5.41. The van der Waals surface area contributed by atoms with Crippen LogP contribution in [0.2, 0.25) is 0 Å². The molecule has 5 heteroatoms. The Morgan fingerprint density at radius 2 is 1.83 bits per heavy atom. The van der Waals surface area contributed by atoms with Gasteiger partial charge in [0.15, 0.2) is 0 Å². The Morgan fingerprint density at radius 3 is 2.41 bits per heavy atom. The molecule has 2 heterocycles. The number of fused-ring (bicyclic) bond motifs is 1. The number of aromatic nitrogens is 2. The van der Waals surface area contributed by atoms with E-state index >= 15 is 0 Å². The highest BCUT2D eigenvalue weighted by Crippen LogP contribution is 2.37. The third-order valence-corrected chi connectivity index (χ3v) is 6.21. The third-order valence-electron chi connectivity index (χ3n) is 6.21. The van der Waals surface area contributed by atoms with Gasteiger partial charge in [-0.3, -0.25) is 4.79 Å². The van der Waals surface area contributed by atoms with Gasteiger partial charge in [-0.1, -0.05) is 31.5 Å². The number of benzene rings is 1. The van der Waals surface area contributed by atoms with E-state index in [0.717, 1.165) is 56.4 Å². The lowest BCUT2D eigenvalue weighted by Gasteiger charge is -2.23. The molecule has 1 fully saturated rings. The maximum absolute atomic E-state index is 13.6. The number of imidazole rings is 1. The van der Waals surface area contributed by atoms with Gasteiger partial charge >= 0.3 is 0 Å². The fraction of sp³-hybridized carbons (Fsp3) is 0.583. The molecule has 1 aliphatic carbocycles. The lowest BCUT2D eigenvalue weighted by Crippen LogP contribution is -2.35. The van der Waals surface area contributed by atoms with Gasteiger partial charge < -0.3 is 14.4 Å². The molecule has 0 bridgehead atoms. The summed E-state index contributed by atoms with van der Waals surface area (Å²) in [6.45, 7) is 14.2. The van der Waals surface area contributed by atoms with Crippen LogP contribution in [0.25, 0.3) is 0 Å². The van der Waals surface area contributed by atoms with E-state index in [1.54, 1.807) is 0 Å². The van der Waals surface area contributed by atoms with Crippen molar-refractivity contribution in [1.29, 1.82) is 0 Å². The summed E-state index contributed by atoms with van der Waals surface area (Å²) in [6.07, 6.45) is 4.30. The number of amides is 1. The number of nitrogens with zero attached hydrogens (tertiary/aromatic N) is 4. The van der Waals surface area contributed by atoms with Crippen molar-refractivity contribution in [3.05, 3.63) is 40.2 Å². The van der Waals surface area contributed by atoms with E-state index in [2.05, 4.69) is 61.1 Å². The zero-order valence-corrected chi connectivity index (χ0v) is 18.6. The van der Waals surface area contributed by atoms with Crippen LogP contribution in [0.15, 0.2) is 12.1 Å². The molecule has 1 amide bonds. The normalized spacial score (nSPS) is 15.7. The first-order valence-corrected chi connectivity index (χ1v) is 11.2. The first-order valence-electron chi connectivity index (χ1n) is 11.2. The first-order chi connectivity index (χ1) is 13.9. The Hall–Kier alpha value is -2.30. The zero-order valence-electron chi connectivity index (χ0n) is 18.6. The Labute approximate surface area is 174 Å². The van der Waals surface area contributed by atoms with Crippen molar-refractivity contribution in [2.75, 3.05) is 24.5 Å². The lowest BCUT2D eigenvalue weighted by molar-refractivity contribution is 0.0736. The summed E-state index contributed by atoms with van der Waals surface area (Å²) in [6, 6.07) is 4.47. The second-order valence-electron chi connectivity index (χ2n) is 8.81. The Morgan fingerprint density at radius 1 is 1.14 bits per heavy atom. The molecule has 0 radical (unpaired) electrons. The van der Waals surface area contributed by atoms with E-state index in [0.29, 0.717) is 5.92 Å². The number of carbonyl (C=O) groups is 1. The average Bonchev–Trinajstić information content (AvgIpc) is 3.28. The number of aryl methyl sites for hydroxylation is 4. The standard InChI is InChI=1S/C24H34N4O/c1-6-10-26(15-19-8-9-19)23(29)22-20(7-2)25-24-27(11-12-28(22)24)21-17(4)13-16(3)14-18(21)5/h13-14,19H,6-12,15H2,1-5H3. The maximum atomic E-state index is 13.6. The molecule has 0 saturated heterocycles. The molecular formula is C24H34N4O. The molecule has 5 nitrogen and oxygen atoms in total. The molecule has 0 unspecified atom stereocenters. The van der Waals surface area contributed by atoms with Gasteiger partial charge in [-0.2, -0.15) is 0 Å². The average molecular weight is 395 g/mol. The van der Waals surface area contributed by atoms with Gasteiger partial charge in [0.1, 0.15) is 5.69 Å². The van der Waals surface area contributed by atoms with Crippen molar-refractivity contribution >= 4 is 17.5 Å². The Bertz CT molecular complexity index is 902. The van der Waals surface area contributed by atoms with Gasteiger partial charge in [0.05, 0.1) is 5.69 Å². The van der Waals surface area contributed by atoms with Crippen molar-refractivity contribution in [3.8, 4) is 0 Å². The molecule has 0 N–H and O–H groups in total. The summed E-state index contributed by atoms with van der Waals surface area (Å²) in [4.78, 5) is 22.9. The smallest absolute Gasteiger partial charge is 0.272 e. The summed E-state index contributed by atoms with van der Waals surface area (Å²) >= 11 is 0. The number of carbonyl (C=O) groups excluding carboxylic acids is 1. The summed E-state index contributed by atoms with van der Waals surface area (Å²) in [5, 5.41) is 0. The minimum atomic E-state index is 0.175. The number of hydrogen-bond donors (Lipinski definition) is 0. The van der Waals surface area contributed by atoms with E-state index in [-0.39, 0.29) is 5.91 Å². The molecule has 1 saturated carbocycles. The van der Waals surface area contributed by atoms with Gasteiger partial charge in [-0.25, -0.2) is 4.98 Å². The largest absolute Gasteiger partial charge is 0.337 e. The topological polar surface area (TPSA) is 41.4 Å². The third kappa shape index (κ3) is 3.67. The molecule has 4 rings (SSSR count). The van der Waals surface area contributed by atoms with Gasteiger partial charge in [-0.05, 0) is 63.5 Å². The second kappa shape index (κ2) is 7.85. The van der Waals surface area contributed by atoms with Crippen LogP contribution < -0.4 is 4.90 Å². The van der Waals surface area contributed by atoms with Crippen LogP contribution in [0.1, 0.15) is 66.0 Å². The highest BCUT2D eigenvalue weighted by Gasteiger charge is 2.34. The lowest BCUT2D eigenvalue weighted by atomic mass is 10.0. The van der Waals surface area contributed by atoms with Crippen molar-refractivity contribution < 1.29 is 4.79 Å². The van der Waals surface area contributed by atoms with Gasteiger partial charge in [0.25, 0.3) is 5.91 Å². The fourth-order valence-corrected chi connectivity index (χ4v) is 4.81. The molecule has 29 heavy (non-hydrogen) atoms. The summed E-state index contributed by atoms with van der Waals surface area (Å²) in [5.74, 6) is 1.81. The SMILES string of the molecule is CCCN(CC1CC1)C(=O)c1c(CC)nc2n1CCN2c1c(C)cc(C)cc1C. The zero-order chi connectivity index (χ0) is 20.7. The van der Waals surface area contributed by atoms with Gasteiger partial charge in [0, 0.05) is 31.9 Å². The minimum Gasteiger partial charge on any atom is -0.337 e. The van der Waals surface area contributed by atoms with Gasteiger partial charge in [0.2, 0.25) is 5.95 Å². The second-order valence-corrected chi connectivity index (χ2v) is 8.81. The molecule has 156 valence electrons. The molecular weight excluding hydrogens is 360 g/mol. The van der Waals surface area contributed by atoms with Crippen molar-refractivity contribution in [3.63, 3.8) is 0 Å². The van der Waals surface area contributed by atoms with Crippen LogP contribution in [0, 0.1) is 26.7 Å². The predicted molar refractivity (Wildman–Crippen MR) is 118 cm³/mol. The number of rotatable bonds is 7. The minimum absolute atomic E-state index is 0.175. The monoisotopic (exact) mass is 394 g/mol. The van der Waals surface area contributed by atoms with E-state index in [1.165, 1.54) is 35.2 Å². The van der Waals surface area contributed by atoms with Crippen LogP contribution in [0.3, 0.4) is 0 Å². The number of anilines is 2. The number of hydrogen-bond acceptors (Lipinski definition) is 3. The molecule has 2 aliphatic rings. The van der Waals surface area contributed by atoms with Crippen LogP contribution in [0.5, 0.6) is 0 Å². The maximum Gasteiger partial charge on any atom is 0.272 e. The molecule has 1 aromatic carbocycles. The van der Waals surface area contributed by atoms with E-state index < -0.39 is 0 Å². The van der Waals surface area contributed by atoms with Crippen molar-refractivity contribution in [1.82, 2.24) is 14.5 Å². The highest BCUT2D eigenvalue weighted by molar-refractivity contribution is 5.95. The van der Waals surface area contributed by atoms with Crippen molar-refractivity contribution in [2.24, 2.45) is 5.92 Å². The molecule has 2 aromatic rings. The van der Waals surface area contributed by atoms with Crippen LogP contribution in [-0.2, 0) is 13.0 Å². The molecule has 0 spiro atoms. The fourth-order valence-electron chi connectivity index (χ4n) is 4.81. The van der Waals surface area contributed by atoms with Crippen LogP contribution in [0.4, 0.5) is 11.6 Å². The van der Waals surface area contributed by atoms with Gasteiger partial charge in [-0.15, -0.1) is 0 Å². The van der Waals surface area contributed by atoms with E-state index in [9.17, 15) is 4.79 Å². The first kappa shape index (κ1) is 20.0. The van der Waals surface area contributed by atoms with E-state index in [4.69, 9.17) is 4.98 Å². The molecule has 1 aromatic heterocycles. The van der Waals surface area contributed by atoms with Crippen molar-refractivity contribution in [2.45, 2.75) is 66.8 Å². The van der Waals surface area contributed by atoms with Crippen LogP contribution >= 0.6 is 0 Å². The predicted octanol–water partition coefficient (Wildman–Crippen LogP) is 4.78. The van der Waals surface area contributed by atoms with Crippen LogP contribution in [-0.4, -0.2) is 40.0 Å². The molecule has 1 aliphatic heterocycles. The van der Waals surface area contributed by atoms with E-state index in [1.807, 2.05) is 0 Å².